The zero-order valence-corrected chi connectivity index (χ0v) is 15.0. The molecule has 8 heteroatoms. The molecule has 148 valence electrons. The zero-order chi connectivity index (χ0) is 20.7. The first-order chi connectivity index (χ1) is 13.3. The summed E-state index contributed by atoms with van der Waals surface area (Å²) in [6.07, 6.45) is 2.94. The van der Waals surface area contributed by atoms with Crippen LogP contribution in [0.3, 0.4) is 0 Å². The lowest BCUT2D eigenvalue weighted by Crippen LogP contribution is -2.37. The van der Waals surface area contributed by atoms with Gasteiger partial charge in [-0.25, -0.2) is 17.6 Å². The molecule has 0 radical (unpaired) electrons. The van der Waals surface area contributed by atoms with E-state index in [1.54, 1.807) is 13.0 Å². The lowest BCUT2D eigenvalue weighted by molar-refractivity contribution is -0.130. The van der Waals surface area contributed by atoms with Crippen LogP contribution in [0.15, 0.2) is 42.5 Å². The summed E-state index contributed by atoms with van der Waals surface area (Å²) in [7, 11) is 0. The van der Waals surface area contributed by atoms with E-state index in [0.717, 1.165) is 12.1 Å². The summed E-state index contributed by atoms with van der Waals surface area (Å²) < 4.78 is 53.5. The molecule has 0 atom stereocenters. The minimum Gasteiger partial charge on any atom is -0.330 e. The Labute approximate surface area is 159 Å². The van der Waals surface area contributed by atoms with Crippen molar-refractivity contribution < 1.29 is 27.2 Å². The standard InChI is InChI=1S/C20H18F4N2O2/c1-2-11-26(18(28)10-7-13-5-3-4-6-14(13)21)12-17(27)25-16-9-8-15(22)19(23)20(16)24/h3-10H,2,11-12H2,1H3,(H,25,27)/b10-7+. The van der Waals surface area contributed by atoms with E-state index in [-0.39, 0.29) is 12.1 Å². The van der Waals surface area contributed by atoms with Crippen molar-refractivity contribution in [3.63, 3.8) is 0 Å². The summed E-state index contributed by atoms with van der Waals surface area (Å²) in [5.41, 5.74) is -0.324. The van der Waals surface area contributed by atoms with Gasteiger partial charge in [-0.15, -0.1) is 0 Å². The average Bonchev–Trinajstić information content (AvgIpc) is 2.67. The van der Waals surface area contributed by atoms with Crippen LogP contribution in [0.4, 0.5) is 23.2 Å². The van der Waals surface area contributed by atoms with Gasteiger partial charge in [-0.1, -0.05) is 25.1 Å². The van der Waals surface area contributed by atoms with Crippen molar-refractivity contribution in [3.8, 4) is 0 Å². The molecule has 0 aromatic heterocycles. The normalized spacial score (nSPS) is 10.9. The van der Waals surface area contributed by atoms with Gasteiger partial charge in [-0.05, 0) is 30.7 Å². The number of anilines is 1. The summed E-state index contributed by atoms with van der Waals surface area (Å²) in [5.74, 6) is -6.44. The number of benzene rings is 2. The number of carbonyl (C=O) groups is 2. The third kappa shape index (κ3) is 5.42. The molecule has 0 spiro atoms. The Morgan fingerprint density at radius 2 is 1.71 bits per heavy atom. The van der Waals surface area contributed by atoms with Gasteiger partial charge >= 0.3 is 0 Å². The number of nitrogens with one attached hydrogen (secondary N) is 1. The van der Waals surface area contributed by atoms with Crippen LogP contribution in [0.1, 0.15) is 18.9 Å². The lowest BCUT2D eigenvalue weighted by Gasteiger charge is -2.20. The van der Waals surface area contributed by atoms with E-state index in [2.05, 4.69) is 5.32 Å². The summed E-state index contributed by atoms with van der Waals surface area (Å²) >= 11 is 0. The molecule has 0 bridgehead atoms. The molecule has 1 N–H and O–H groups in total. The molecule has 0 unspecified atom stereocenters. The molecule has 28 heavy (non-hydrogen) atoms. The van der Waals surface area contributed by atoms with Crippen LogP contribution in [-0.4, -0.2) is 29.8 Å². The monoisotopic (exact) mass is 394 g/mol. The maximum atomic E-state index is 13.7. The molecule has 2 aromatic rings. The fourth-order valence-electron chi connectivity index (χ4n) is 2.40. The smallest absolute Gasteiger partial charge is 0.247 e. The van der Waals surface area contributed by atoms with Crippen molar-refractivity contribution in [3.05, 3.63) is 71.3 Å². The topological polar surface area (TPSA) is 49.4 Å². The molecule has 4 nitrogen and oxygen atoms in total. The van der Waals surface area contributed by atoms with Crippen LogP contribution in [0.5, 0.6) is 0 Å². The molecule has 0 aliphatic rings. The van der Waals surface area contributed by atoms with Gasteiger partial charge in [0.25, 0.3) is 0 Å². The lowest BCUT2D eigenvalue weighted by atomic mass is 10.2. The third-order valence-electron chi connectivity index (χ3n) is 3.76. The summed E-state index contributed by atoms with van der Waals surface area (Å²) in [6.45, 7) is 1.56. The highest BCUT2D eigenvalue weighted by molar-refractivity contribution is 5.98. The van der Waals surface area contributed by atoms with Crippen molar-refractivity contribution in [2.24, 2.45) is 0 Å². The maximum absolute atomic E-state index is 13.7. The number of hydrogen-bond donors (Lipinski definition) is 1. The summed E-state index contributed by atoms with van der Waals surface area (Å²) in [5, 5.41) is 2.11. The summed E-state index contributed by atoms with van der Waals surface area (Å²) in [4.78, 5) is 25.6. The Morgan fingerprint density at radius 3 is 2.39 bits per heavy atom. The Hall–Kier alpha value is -3.16. The van der Waals surface area contributed by atoms with Gasteiger partial charge in [-0.3, -0.25) is 9.59 Å². The minimum absolute atomic E-state index is 0.209. The Balaban J connectivity index is 2.07. The van der Waals surface area contributed by atoms with Gasteiger partial charge in [-0.2, -0.15) is 0 Å². The molecule has 0 saturated carbocycles. The van der Waals surface area contributed by atoms with Gasteiger partial charge in [0, 0.05) is 18.2 Å². The highest BCUT2D eigenvalue weighted by atomic mass is 19.2. The second-order valence-electron chi connectivity index (χ2n) is 5.89. The van der Waals surface area contributed by atoms with E-state index >= 15 is 0 Å². The van der Waals surface area contributed by atoms with Gasteiger partial charge in [0.2, 0.25) is 11.8 Å². The van der Waals surface area contributed by atoms with Gasteiger partial charge in [0.15, 0.2) is 17.5 Å². The van der Waals surface area contributed by atoms with Crippen LogP contribution in [-0.2, 0) is 9.59 Å². The Bertz CT molecular complexity index is 900. The quantitative estimate of drug-likeness (QED) is 0.436. The Morgan fingerprint density at radius 1 is 1.00 bits per heavy atom. The van der Waals surface area contributed by atoms with Crippen molar-refractivity contribution in [1.29, 1.82) is 0 Å². The molecule has 0 fully saturated rings. The zero-order valence-electron chi connectivity index (χ0n) is 15.0. The number of amides is 2. The van der Waals surface area contributed by atoms with Gasteiger partial charge < -0.3 is 10.2 Å². The van der Waals surface area contributed by atoms with Crippen LogP contribution < -0.4 is 5.32 Å². The van der Waals surface area contributed by atoms with E-state index in [0.29, 0.717) is 12.5 Å². The SMILES string of the molecule is CCCN(CC(=O)Nc1ccc(F)c(F)c1F)C(=O)/C=C/c1ccccc1F. The number of rotatable bonds is 7. The first-order valence-electron chi connectivity index (χ1n) is 8.48. The molecule has 2 rings (SSSR count). The first kappa shape index (κ1) is 21.1. The maximum Gasteiger partial charge on any atom is 0.247 e. The van der Waals surface area contributed by atoms with E-state index in [9.17, 15) is 27.2 Å². The highest BCUT2D eigenvalue weighted by Crippen LogP contribution is 2.19. The van der Waals surface area contributed by atoms with E-state index in [1.165, 1.54) is 29.2 Å². The molecular weight excluding hydrogens is 376 g/mol. The van der Waals surface area contributed by atoms with E-state index < -0.39 is 47.3 Å². The second kappa shape index (κ2) is 9.68. The van der Waals surface area contributed by atoms with Crippen molar-refractivity contribution in [2.45, 2.75) is 13.3 Å². The predicted octanol–water partition coefficient (Wildman–Crippen LogP) is 4.13. The molecule has 0 aliphatic heterocycles. The van der Waals surface area contributed by atoms with Crippen LogP contribution in [0.25, 0.3) is 6.08 Å². The predicted molar refractivity (Wildman–Crippen MR) is 97.3 cm³/mol. The highest BCUT2D eigenvalue weighted by Gasteiger charge is 2.18. The molecule has 0 saturated heterocycles. The van der Waals surface area contributed by atoms with Crippen LogP contribution >= 0.6 is 0 Å². The number of hydrogen-bond acceptors (Lipinski definition) is 2. The number of carbonyl (C=O) groups excluding carboxylic acids is 2. The van der Waals surface area contributed by atoms with Crippen molar-refractivity contribution in [1.82, 2.24) is 4.90 Å². The largest absolute Gasteiger partial charge is 0.330 e. The molecule has 2 aromatic carbocycles. The van der Waals surface area contributed by atoms with E-state index in [4.69, 9.17) is 0 Å². The second-order valence-corrected chi connectivity index (χ2v) is 5.89. The summed E-state index contributed by atoms with van der Waals surface area (Å²) in [6, 6.07) is 7.43. The van der Waals surface area contributed by atoms with Crippen LogP contribution in [0, 0.1) is 23.3 Å². The molecule has 2 amide bonds. The van der Waals surface area contributed by atoms with Crippen molar-refractivity contribution >= 4 is 23.6 Å². The fraction of sp³-hybridized carbons (Fsp3) is 0.200. The third-order valence-corrected chi connectivity index (χ3v) is 3.76. The van der Waals surface area contributed by atoms with Crippen molar-refractivity contribution in [2.75, 3.05) is 18.4 Å². The number of halogens is 4. The average molecular weight is 394 g/mol. The van der Waals surface area contributed by atoms with Gasteiger partial charge in [0.1, 0.15) is 12.4 Å². The minimum atomic E-state index is -1.70. The van der Waals surface area contributed by atoms with E-state index in [1.807, 2.05) is 0 Å². The van der Waals surface area contributed by atoms with Crippen LogP contribution in [0.2, 0.25) is 0 Å². The fourth-order valence-corrected chi connectivity index (χ4v) is 2.40. The first-order valence-corrected chi connectivity index (χ1v) is 8.48. The number of nitrogens with zero attached hydrogens (tertiary/aromatic N) is 1. The molecule has 0 heterocycles. The Kier molecular flexibility index (Phi) is 7.31. The molecular formula is C20H18F4N2O2. The van der Waals surface area contributed by atoms with Gasteiger partial charge in [0.05, 0.1) is 5.69 Å². The molecule has 0 aliphatic carbocycles.